The number of halogens is 1. The number of nitrogens with one attached hydrogen (secondary N) is 2. The third-order valence-electron chi connectivity index (χ3n) is 4.04. The highest BCUT2D eigenvalue weighted by Crippen LogP contribution is 2.23. The molecule has 0 radical (unpaired) electrons. The van der Waals surface area contributed by atoms with Gasteiger partial charge < -0.3 is 20.8 Å². The molecular formula is C20H21ClN2O5. The van der Waals surface area contributed by atoms with E-state index < -0.39 is 30.6 Å². The van der Waals surface area contributed by atoms with E-state index in [1.54, 1.807) is 6.07 Å². The molecular weight excluding hydrogens is 384 g/mol. The third-order valence-corrected chi connectivity index (χ3v) is 4.27. The van der Waals surface area contributed by atoms with Crippen LogP contribution in [0.25, 0.3) is 11.1 Å². The van der Waals surface area contributed by atoms with E-state index in [2.05, 4.69) is 10.6 Å². The Morgan fingerprint density at radius 2 is 1.68 bits per heavy atom. The van der Waals surface area contributed by atoms with Crippen LogP contribution in [-0.2, 0) is 16.0 Å². The summed E-state index contributed by atoms with van der Waals surface area (Å²) in [6, 6.07) is 14.1. The topological polar surface area (TPSA) is 116 Å². The van der Waals surface area contributed by atoms with E-state index >= 15 is 0 Å². The summed E-state index contributed by atoms with van der Waals surface area (Å²) < 4.78 is 0. The van der Waals surface area contributed by atoms with Crippen LogP contribution in [0.4, 0.5) is 4.79 Å². The first kappa shape index (κ1) is 21.2. The summed E-state index contributed by atoms with van der Waals surface area (Å²) in [6.45, 7) is -0.508. The lowest BCUT2D eigenvalue weighted by molar-refractivity contribution is -0.137. The second-order valence-corrected chi connectivity index (χ2v) is 6.70. The summed E-state index contributed by atoms with van der Waals surface area (Å²) >= 11 is 6.02. The molecule has 0 saturated heterocycles. The minimum absolute atomic E-state index is 0.107. The van der Waals surface area contributed by atoms with E-state index in [1.165, 1.54) is 0 Å². The molecule has 2 amide bonds. The average molecular weight is 405 g/mol. The number of rotatable bonds is 9. The fraction of sp³-hybridized carbons (Fsp3) is 0.250. The van der Waals surface area contributed by atoms with Crippen molar-refractivity contribution in [3.63, 3.8) is 0 Å². The second-order valence-electron chi connectivity index (χ2n) is 6.26. The van der Waals surface area contributed by atoms with Crippen molar-refractivity contribution in [2.75, 3.05) is 6.54 Å². The zero-order valence-electron chi connectivity index (χ0n) is 15.0. The van der Waals surface area contributed by atoms with Gasteiger partial charge in [-0.1, -0.05) is 48.0 Å². The Hall–Kier alpha value is -3.06. The average Bonchev–Trinajstić information content (AvgIpc) is 2.65. The number of aliphatic carboxylic acids is 2. The van der Waals surface area contributed by atoms with Crippen LogP contribution in [0.15, 0.2) is 48.5 Å². The second kappa shape index (κ2) is 10.3. The Balaban J connectivity index is 2.04. The maximum absolute atomic E-state index is 11.8. The van der Waals surface area contributed by atoms with Gasteiger partial charge in [-0.2, -0.15) is 0 Å². The maximum atomic E-state index is 11.8. The number of urea groups is 1. The summed E-state index contributed by atoms with van der Waals surface area (Å²) in [5.41, 5.74) is 2.88. The molecule has 0 aliphatic carbocycles. The lowest BCUT2D eigenvalue weighted by Gasteiger charge is -2.18. The summed E-state index contributed by atoms with van der Waals surface area (Å²) in [4.78, 5) is 33.2. The van der Waals surface area contributed by atoms with Gasteiger partial charge in [0.2, 0.25) is 0 Å². The van der Waals surface area contributed by atoms with Crippen molar-refractivity contribution >= 4 is 29.6 Å². The number of carbonyl (C=O) groups excluding carboxylic acids is 1. The van der Waals surface area contributed by atoms with Crippen LogP contribution in [0.2, 0.25) is 5.02 Å². The molecule has 7 nitrogen and oxygen atoms in total. The number of hydrogen-bond acceptors (Lipinski definition) is 3. The van der Waals surface area contributed by atoms with Gasteiger partial charge in [0.05, 0.1) is 0 Å². The molecule has 0 unspecified atom stereocenters. The molecule has 148 valence electrons. The first-order chi connectivity index (χ1) is 13.3. The highest BCUT2D eigenvalue weighted by molar-refractivity contribution is 6.30. The highest BCUT2D eigenvalue weighted by atomic mass is 35.5. The van der Waals surface area contributed by atoms with Crippen LogP contribution in [0.5, 0.6) is 0 Å². The normalized spacial score (nSPS) is 11.5. The fourth-order valence-electron chi connectivity index (χ4n) is 2.70. The van der Waals surface area contributed by atoms with Crippen molar-refractivity contribution in [3.8, 4) is 11.1 Å². The van der Waals surface area contributed by atoms with Crippen LogP contribution in [0.3, 0.4) is 0 Å². The van der Waals surface area contributed by atoms with Gasteiger partial charge in [-0.3, -0.25) is 9.59 Å². The molecule has 2 aromatic rings. The molecule has 0 aromatic heterocycles. The molecule has 0 bridgehead atoms. The lowest BCUT2D eigenvalue weighted by atomic mass is 9.98. The predicted molar refractivity (Wildman–Crippen MR) is 105 cm³/mol. The Kier molecular flexibility index (Phi) is 7.83. The molecule has 8 heteroatoms. The van der Waals surface area contributed by atoms with Crippen LogP contribution in [0, 0.1) is 0 Å². The molecule has 0 saturated carbocycles. The van der Waals surface area contributed by atoms with Gasteiger partial charge in [0.1, 0.15) is 6.54 Å². The van der Waals surface area contributed by atoms with Gasteiger partial charge in [0.25, 0.3) is 0 Å². The van der Waals surface area contributed by atoms with E-state index in [4.69, 9.17) is 21.8 Å². The van der Waals surface area contributed by atoms with Crippen molar-refractivity contribution in [1.29, 1.82) is 0 Å². The van der Waals surface area contributed by atoms with E-state index in [0.717, 1.165) is 16.7 Å². The molecule has 1 atom stereocenters. The molecule has 0 heterocycles. The van der Waals surface area contributed by atoms with E-state index in [9.17, 15) is 14.4 Å². The van der Waals surface area contributed by atoms with Crippen LogP contribution < -0.4 is 10.6 Å². The molecule has 4 N–H and O–H groups in total. The summed E-state index contributed by atoms with van der Waals surface area (Å²) in [7, 11) is 0. The summed E-state index contributed by atoms with van der Waals surface area (Å²) in [5.74, 6) is -2.12. The molecule has 0 aliphatic heterocycles. The standard InChI is InChI=1S/C20H21ClN2O5/c21-16-3-1-2-15(11-16)14-6-4-13(5-7-14)10-17(8-9-18(24)25)23-20(28)22-12-19(26)27/h1-7,11,17H,8-10,12H2,(H,24,25)(H,26,27)(H2,22,23,28)/t17-/m0/s1. The van der Waals surface area contributed by atoms with E-state index in [1.807, 2.05) is 42.5 Å². The Labute approximate surface area is 167 Å². The maximum Gasteiger partial charge on any atom is 0.323 e. The Morgan fingerprint density at radius 1 is 0.964 bits per heavy atom. The van der Waals surface area contributed by atoms with Gasteiger partial charge in [0.15, 0.2) is 0 Å². The molecule has 28 heavy (non-hydrogen) atoms. The van der Waals surface area contributed by atoms with Crippen molar-refractivity contribution in [3.05, 3.63) is 59.1 Å². The number of benzene rings is 2. The number of carbonyl (C=O) groups is 3. The zero-order valence-corrected chi connectivity index (χ0v) is 15.8. The van der Waals surface area contributed by atoms with Crippen LogP contribution in [-0.4, -0.2) is 40.8 Å². The van der Waals surface area contributed by atoms with Crippen LogP contribution >= 0.6 is 11.6 Å². The molecule has 0 fully saturated rings. The summed E-state index contributed by atoms with van der Waals surface area (Å²) in [5, 5.41) is 23.0. The highest BCUT2D eigenvalue weighted by Gasteiger charge is 2.15. The monoisotopic (exact) mass is 404 g/mol. The largest absolute Gasteiger partial charge is 0.481 e. The van der Waals surface area contributed by atoms with Gasteiger partial charge >= 0.3 is 18.0 Å². The number of carboxylic acid groups (broad SMARTS) is 2. The molecule has 2 aromatic carbocycles. The summed E-state index contributed by atoms with van der Waals surface area (Å²) in [6.07, 6.45) is 0.542. The quantitative estimate of drug-likeness (QED) is 0.512. The van der Waals surface area contributed by atoms with Crippen LogP contribution in [0.1, 0.15) is 18.4 Å². The molecule has 0 spiro atoms. The minimum Gasteiger partial charge on any atom is -0.481 e. The number of amides is 2. The van der Waals surface area contributed by atoms with Crippen molar-refractivity contribution in [2.24, 2.45) is 0 Å². The molecule has 0 aliphatic rings. The lowest BCUT2D eigenvalue weighted by Crippen LogP contribution is -2.44. The zero-order chi connectivity index (χ0) is 20.5. The van der Waals surface area contributed by atoms with Gasteiger partial charge in [-0.05, 0) is 41.7 Å². The molecule has 2 rings (SSSR count). The Morgan fingerprint density at radius 3 is 2.29 bits per heavy atom. The Bertz CT molecular complexity index is 839. The van der Waals surface area contributed by atoms with Crippen molar-refractivity contribution < 1.29 is 24.6 Å². The predicted octanol–water partition coefficient (Wildman–Crippen LogP) is 3.17. The SMILES string of the molecule is O=C(O)CC[C@@H](Cc1ccc(-c2cccc(Cl)c2)cc1)NC(=O)NCC(=O)O. The third kappa shape index (κ3) is 7.28. The number of hydrogen-bond donors (Lipinski definition) is 4. The minimum atomic E-state index is -1.16. The first-order valence-electron chi connectivity index (χ1n) is 8.66. The first-order valence-corrected chi connectivity index (χ1v) is 9.04. The van der Waals surface area contributed by atoms with Gasteiger partial charge in [0, 0.05) is 17.5 Å². The fourth-order valence-corrected chi connectivity index (χ4v) is 2.89. The van der Waals surface area contributed by atoms with Crippen molar-refractivity contribution in [2.45, 2.75) is 25.3 Å². The smallest absolute Gasteiger partial charge is 0.323 e. The van der Waals surface area contributed by atoms with E-state index in [-0.39, 0.29) is 12.8 Å². The van der Waals surface area contributed by atoms with Gasteiger partial charge in [-0.15, -0.1) is 0 Å². The van der Waals surface area contributed by atoms with Crippen molar-refractivity contribution in [1.82, 2.24) is 10.6 Å². The number of carboxylic acids is 2. The van der Waals surface area contributed by atoms with Gasteiger partial charge in [-0.25, -0.2) is 4.79 Å². The van der Waals surface area contributed by atoms with E-state index in [0.29, 0.717) is 11.4 Å².